The quantitative estimate of drug-likeness (QED) is 0.673. The van der Waals surface area contributed by atoms with Gasteiger partial charge in [0, 0.05) is 5.69 Å². The number of nitrogens with zero attached hydrogens (tertiary/aromatic N) is 1. The molecular weight excluding hydrogens is 348 g/mol. The van der Waals surface area contributed by atoms with Gasteiger partial charge in [0.1, 0.15) is 12.4 Å². The van der Waals surface area contributed by atoms with E-state index in [1.54, 1.807) is 6.20 Å². The van der Waals surface area contributed by atoms with Crippen LogP contribution in [-0.4, -0.2) is 24.0 Å². The maximum atomic E-state index is 12.8. The Bertz CT molecular complexity index is 903. The number of benzene rings is 2. The summed E-state index contributed by atoms with van der Waals surface area (Å²) in [7, 11) is 0. The van der Waals surface area contributed by atoms with Gasteiger partial charge in [-0.1, -0.05) is 72.5 Å². The predicted octanol–water partition coefficient (Wildman–Crippen LogP) is 3.72. The molecule has 1 N–H and O–H groups in total. The number of carbonyl (C=O) groups is 1. The number of aromatic nitrogens is 1. The van der Waals surface area contributed by atoms with Crippen molar-refractivity contribution in [3.8, 4) is 17.6 Å². The van der Waals surface area contributed by atoms with E-state index in [1.807, 2.05) is 79.7 Å². The minimum Gasteiger partial charge on any atom is -0.479 e. The largest absolute Gasteiger partial charge is 0.479 e. The number of ether oxygens (including phenoxy) is 1. The van der Waals surface area contributed by atoms with Gasteiger partial charge in [-0.25, -0.2) is 0 Å². The highest BCUT2D eigenvalue weighted by molar-refractivity contribution is 5.87. The molecule has 28 heavy (non-hydrogen) atoms. The lowest BCUT2D eigenvalue weighted by atomic mass is 9.90. The van der Waals surface area contributed by atoms with Gasteiger partial charge < -0.3 is 10.1 Å². The van der Waals surface area contributed by atoms with Crippen LogP contribution < -0.4 is 10.1 Å². The molecule has 4 heteroatoms. The molecular formula is C24H22N2O2. The van der Waals surface area contributed by atoms with Crippen LogP contribution in [0.4, 0.5) is 0 Å². The van der Waals surface area contributed by atoms with Crippen molar-refractivity contribution in [2.75, 3.05) is 13.2 Å². The number of aryl methyl sites for hydroxylation is 1. The number of nitrogens with one attached hydrogen (secondary N) is 1. The van der Waals surface area contributed by atoms with Crippen molar-refractivity contribution in [3.63, 3.8) is 0 Å². The Balaban J connectivity index is 1.57. The fraction of sp³-hybridized carbons (Fsp3) is 0.167. The van der Waals surface area contributed by atoms with E-state index >= 15 is 0 Å². The number of pyridine rings is 1. The third kappa shape index (κ3) is 5.46. The summed E-state index contributed by atoms with van der Waals surface area (Å²) in [4.78, 5) is 17.0. The van der Waals surface area contributed by atoms with Crippen molar-refractivity contribution in [1.82, 2.24) is 10.3 Å². The second-order valence-electron chi connectivity index (χ2n) is 6.25. The first-order chi connectivity index (χ1) is 13.7. The molecule has 0 aliphatic carbocycles. The van der Waals surface area contributed by atoms with Gasteiger partial charge in [0.25, 0.3) is 0 Å². The monoisotopic (exact) mass is 370 g/mol. The van der Waals surface area contributed by atoms with Crippen LogP contribution in [0.5, 0.6) is 5.75 Å². The normalized spacial score (nSPS) is 10.1. The van der Waals surface area contributed by atoms with Gasteiger partial charge in [-0.2, -0.15) is 0 Å². The first-order valence-corrected chi connectivity index (χ1v) is 9.13. The summed E-state index contributed by atoms with van der Waals surface area (Å²) in [5, 5.41) is 2.91. The maximum absolute atomic E-state index is 12.8. The third-order valence-corrected chi connectivity index (χ3v) is 4.20. The molecule has 2 aromatic carbocycles. The Hall–Kier alpha value is -3.58. The molecule has 0 saturated heterocycles. The van der Waals surface area contributed by atoms with E-state index in [0.29, 0.717) is 5.75 Å². The van der Waals surface area contributed by atoms with E-state index in [9.17, 15) is 4.79 Å². The lowest BCUT2D eigenvalue weighted by Crippen LogP contribution is -2.30. The van der Waals surface area contributed by atoms with E-state index in [2.05, 4.69) is 22.1 Å². The van der Waals surface area contributed by atoms with Crippen LogP contribution in [0.1, 0.15) is 22.7 Å². The molecule has 3 aromatic rings. The number of carbonyl (C=O) groups excluding carboxylic acids is 1. The second kappa shape index (κ2) is 9.94. The lowest BCUT2D eigenvalue weighted by Gasteiger charge is -2.17. The molecule has 0 atom stereocenters. The minimum absolute atomic E-state index is 0.0737. The highest BCUT2D eigenvalue weighted by atomic mass is 16.5. The van der Waals surface area contributed by atoms with Crippen LogP contribution in [0.3, 0.4) is 0 Å². The molecule has 140 valence electrons. The summed E-state index contributed by atoms with van der Waals surface area (Å²) in [6.07, 6.45) is 1.67. The fourth-order valence-corrected chi connectivity index (χ4v) is 2.79. The van der Waals surface area contributed by atoms with Gasteiger partial charge in [0.05, 0.1) is 18.7 Å². The smallest absolute Gasteiger partial charge is 0.232 e. The third-order valence-electron chi connectivity index (χ3n) is 4.20. The molecule has 0 radical (unpaired) electrons. The van der Waals surface area contributed by atoms with Crippen LogP contribution in [0.2, 0.25) is 0 Å². The molecule has 1 amide bonds. The topological polar surface area (TPSA) is 51.2 Å². The molecule has 0 fully saturated rings. The Morgan fingerprint density at radius 3 is 2.18 bits per heavy atom. The van der Waals surface area contributed by atoms with Crippen molar-refractivity contribution in [1.29, 1.82) is 0 Å². The van der Waals surface area contributed by atoms with Crippen LogP contribution in [0.25, 0.3) is 0 Å². The molecule has 0 spiro atoms. The lowest BCUT2D eigenvalue weighted by molar-refractivity contribution is -0.121. The molecule has 1 heterocycles. The summed E-state index contributed by atoms with van der Waals surface area (Å²) in [5.74, 6) is 6.08. The van der Waals surface area contributed by atoms with E-state index < -0.39 is 0 Å². The molecule has 0 aliphatic heterocycles. The Morgan fingerprint density at radius 1 is 0.964 bits per heavy atom. The molecule has 0 bridgehead atoms. The van der Waals surface area contributed by atoms with Crippen molar-refractivity contribution in [2.45, 2.75) is 12.8 Å². The van der Waals surface area contributed by atoms with Crippen molar-refractivity contribution >= 4 is 5.91 Å². The van der Waals surface area contributed by atoms with E-state index in [-0.39, 0.29) is 25.0 Å². The molecule has 0 saturated carbocycles. The Labute approximate surface area is 165 Å². The molecule has 4 nitrogen and oxygen atoms in total. The van der Waals surface area contributed by atoms with Gasteiger partial charge >= 0.3 is 0 Å². The number of rotatable bonds is 6. The minimum atomic E-state index is -0.362. The van der Waals surface area contributed by atoms with Crippen LogP contribution in [0, 0.1) is 18.8 Å². The fourth-order valence-electron chi connectivity index (χ4n) is 2.79. The number of hydrogen-bond donors (Lipinski definition) is 1. The van der Waals surface area contributed by atoms with E-state index in [1.165, 1.54) is 0 Å². The Kier molecular flexibility index (Phi) is 6.81. The summed E-state index contributed by atoms with van der Waals surface area (Å²) in [6.45, 7) is 2.44. The van der Waals surface area contributed by atoms with Gasteiger partial charge in [-0.05, 0) is 30.2 Å². The van der Waals surface area contributed by atoms with E-state index in [0.717, 1.165) is 16.8 Å². The van der Waals surface area contributed by atoms with Gasteiger partial charge in [-0.15, -0.1) is 0 Å². The van der Waals surface area contributed by atoms with Crippen molar-refractivity contribution < 1.29 is 9.53 Å². The van der Waals surface area contributed by atoms with Gasteiger partial charge in [-0.3, -0.25) is 9.78 Å². The SMILES string of the molecule is Cc1ccc(OCC#CCNC(=O)C(c2ccccc2)c2ccccc2)cn1. The van der Waals surface area contributed by atoms with E-state index in [4.69, 9.17) is 4.74 Å². The summed E-state index contributed by atoms with van der Waals surface area (Å²) >= 11 is 0. The zero-order chi connectivity index (χ0) is 19.6. The zero-order valence-electron chi connectivity index (χ0n) is 15.8. The van der Waals surface area contributed by atoms with Gasteiger partial charge in [0.2, 0.25) is 5.91 Å². The average molecular weight is 370 g/mol. The first kappa shape index (κ1) is 19.2. The second-order valence-corrected chi connectivity index (χ2v) is 6.25. The average Bonchev–Trinajstić information content (AvgIpc) is 2.74. The predicted molar refractivity (Wildman–Crippen MR) is 110 cm³/mol. The highest BCUT2D eigenvalue weighted by Crippen LogP contribution is 2.24. The Morgan fingerprint density at radius 2 is 1.61 bits per heavy atom. The summed E-state index contributed by atoms with van der Waals surface area (Å²) in [5.41, 5.74) is 2.84. The van der Waals surface area contributed by atoms with Crippen LogP contribution >= 0.6 is 0 Å². The molecule has 1 aromatic heterocycles. The molecule has 0 aliphatic rings. The summed E-state index contributed by atoms with van der Waals surface area (Å²) in [6, 6.07) is 23.2. The van der Waals surface area contributed by atoms with Crippen LogP contribution in [0.15, 0.2) is 79.0 Å². The van der Waals surface area contributed by atoms with Crippen LogP contribution in [-0.2, 0) is 4.79 Å². The molecule has 0 unspecified atom stereocenters. The first-order valence-electron chi connectivity index (χ1n) is 9.13. The number of hydrogen-bond acceptors (Lipinski definition) is 3. The molecule has 3 rings (SSSR count). The highest BCUT2D eigenvalue weighted by Gasteiger charge is 2.21. The standard InChI is InChI=1S/C24H22N2O2/c1-19-14-15-22(18-26-19)28-17-9-8-16-25-24(27)23(20-10-4-2-5-11-20)21-12-6-3-7-13-21/h2-7,10-15,18,23H,16-17H2,1H3,(H,25,27). The summed E-state index contributed by atoms with van der Waals surface area (Å²) < 4.78 is 5.51. The van der Waals surface area contributed by atoms with Gasteiger partial charge in [0.15, 0.2) is 0 Å². The number of amides is 1. The van der Waals surface area contributed by atoms with Crippen molar-refractivity contribution in [3.05, 3.63) is 95.8 Å². The zero-order valence-corrected chi connectivity index (χ0v) is 15.8. The maximum Gasteiger partial charge on any atom is 0.232 e. The van der Waals surface area contributed by atoms with Crippen molar-refractivity contribution in [2.24, 2.45) is 0 Å².